The molecule has 0 radical (unpaired) electrons. The summed E-state index contributed by atoms with van der Waals surface area (Å²) in [6, 6.07) is 7.28. The van der Waals surface area contributed by atoms with Crippen LogP contribution in [0.2, 0.25) is 0 Å². The summed E-state index contributed by atoms with van der Waals surface area (Å²) in [5.74, 6) is 0. The van der Waals surface area contributed by atoms with Crippen molar-refractivity contribution in [3.63, 3.8) is 0 Å². The Labute approximate surface area is 96.9 Å². The summed E-state index contributed by atoms with van der Waals surface area (Å²) in [5.41, 5.74) is 7.06. The van der Waals surface area contributed by atoms with E-state index >= 15 is 0 Å². The van der Waals surface area contributed by atoms with E-state index in [9.17, 15) is 8.42 Å². The van der Waals surface area contributed by atoms with Gasteiger partial charge in [0.1, 0.15) is 0 Å². The number of sulfonamides is 1. The SMILES string of the molecule is CC(C)(N)Cc1ccccc1NS(C)(=O)=O. The van der Waals surface area contributed by atoms with Crippen LogP contribution in [0.15, 0.2) is 24.3 Å². The summed E-state index contributed by atoms with van der Waals surface area (Å²) >= 11 is 0. The number of hydrogen-bond acceptors (Lipinski definition) is 3. The third kappa shape index (κ3) is 4.63. The summed E-state index contributed by atoms with van der Waals surface area (Å²) in [6.45, 7) is 3.81. The maximum absolute atomic E-state index is 11.2. The van der Waals surface area contributed by atoms with E-state index in [0.717, 1.165) is 11.8 Å². The first-order valence-corrected chi connectivity index (χ1v) is 6.91. The van der Waals surface area contributed by atoms with Gasteiger partial charge in [-0.2, -0.15) is 0 Å². The lowest BCUT2D eigenvalue weighted by molar-refractivity contribution is 0.517. The molecule has 1 rings (SSSR count). The number of nitrogens with two attached hydrogens (primary N) is 1. The molecule has 0 fully saturated rings. The average molecular weight is 242 g/mol. The van der Waals surface area contributed by atoms with Gasteiger partial charge >= 0.3 is 0 Å². The Kier molecular flexibility index (Phi) is 3.60. The van der Waals surface area contributed by atoms with Gasteiger partial charge in [-0.1, -0.05) is 18.2 Å². The minimum absolute atomic E-state index is 0.366. The van der Waals surface area contributed by atoms with Crippen molar-refractivity contribution < 1.29 is 8.42 Å². The minimum Gasteiger partial charge on any atom is -0.325 e. The van der Waals surface area contributed by atoms with Crippen LogP contribution in [0, 0.1) is 0 Å². The number of nitrogens with one attached hydrogen (secondary N) is 1. The Morgan fingerprint density at radius 1 is 1.31 bits per heavy atom. The molecule has 0 heterocycles. The molecule has 0 spiro atoms. The van der Waals surface area contributed by atoms with Gasteiger partial charge in [-0.25, -0.2) is 8.42 Å². The largest absolute Gasteiger partial charge is 0.325 e. The molecular formula is C11H18N2O2S. The van der Waals surface area contributed by atoms with Crippen LogP contribution in [0.5, 0.6) is 0 Å². The Morgan fingerprint density at radius 3 is 2.38 bits per heavy atom. The monoisotopic (exact) mass is 242 g/mol. The van der Waals surface area contributed by atoms with Gasteiger partial charge in [-0.05, 0) is 31.9 Å². The van der Waals surface area contributed by atoms with Crippen LogP contribution in [0.3, 0.4) is 0 Å². The molecule has 1 aromatic carbocycles. The summed E-state index contributed by atoms with van der Waals surface area (Å²) in [6.07, 6.45) is 1.75. The lowest BCUT2D eigenvalue weighted by atomic mass is 9.95. The first-order valence-electron chi connectivity index (χ1n) is 5.02. The highest BCUT2D eigenvalue weighted by Crippen LogP contribution is 2.20. The molecule has 0 aliphatic rings. The Hall–Kier alpha value is -1.07. The van der Waals surface area contributed by atoms with Gasteiger partial charge < -0.3 is 5.73 Å². The number of para-hydroxylation sites is 1. The molecule has 0 saturated carbocycles. The summed E-state index contributed by atoms with van der Waals surface area (Å²) < 4.78 is 24.8. The number of benzene rings is 1. The Bertz CT molecular complexity index is 461. The standard InChI is InChI=1S/C11H18N2O2S/c1-11(2,12)8-9-6-4-5-7-10(9)13-16(3,14)15/h4-7,13H,8,12H2,1-3H3. The van der Waals surface area contributed by atoms with Crippen molar-refractivity contribution in [3.8, 4) is 0 Å². The Balaban J connectivity index is 3.01. The van der Waals surface area contributed by atoms with Gasteiger partial charge in [0.25, 0.3) is 0 Å². The van der Waals surface area contributed by atoms with E-state index in [1.165, 1.54) is 0 Å². The first-order chi connectivity index (χ1) is 7.17. The fraction of sp³-hybridized carbons (Fsp3) is 0.455. The van der Waals surface area contributed by atoms with Crippen molar-refractivity contribution >= 4 is 15.7 Å². The fourth-order valence-corrected chi connectivity index (χ4v) is 2.06. The van der Waals surface area contributed by atoms with Crippen molar-refractivity contribution in [3.05, 3.63) is 29.8 Å². The second-order valence-electron chi connectivity index (χ2n) is 4.70. The highest BCUT2D eigenvalue weighted by Gasteiger charge is 2.15. The quantitative estimate of drug-likeness (QED) is 0.837. The van der Waals surface area contributed by atoms with Gasteiger partial charge in [0.05, 0.1) is 11.9 Å². The first kappa shape index (κ1) is 13.0. The molecule has 0 saturated heterocycles. The topological polar surface area (TPSA) is 72.2 Å². The molecule has 0 bridgehead atoms. The maximum Gasteiger partial charge on any atom is 0.229 e. The van der Waals surface area contributed by atoms with Crippen LogP contribution in [0.4, 0.5) is 5.69 Å². The van der Waals surface area contributed by atoms with Crippen LogP contribution >= 0.6 is 0 Å². The third-order valence-electron chi connectivity index (χ3n) is 1.96. The predicted octanol–water partition coefficient (Wildman–Crippen LogP) is 1.34. The van der Waals surface area contributed by atoms with Gasteiger partial charge in [0, 0.05) is 5.54 Å². The highest BCUT2D eigenvalue weighted by atomic mass is 32.2. The zero-order chi connectivity index (χ0) is 12.4. The molecule has 4 nitrogen and oxygen atoms in total. The van der Waals surface area contributed by atoms with Gasteiger partial charge in [-0.15, -0.1) is 0 Å². The molecule has 0 aromatic heterocycles. The summed E-state index contributed by atoms with van der Waals surface area (Å²) in [5, 5.41) is 0. The molecule has 0 aliphatic carbocycles. The molecular weight excluding hydrogens is 224 g/mol. The number of rotatable bonds is 4. The maximum atomic E-state index is 11.2. The van der Waals surface area contributed by atoms with Crippen molar-refractivity contribution in [1.29, 1.82) is 0 Å². The molecule has 16 heavy (non-hydrogen) atoms. The Morgan fingerprint density at radius 2 is 1.88 bits per heavy atom. The fourth-order valence-electron chi connectivity index (χ4n) is 1.46. The van der Waals surface area contributed by atoms with Gasteiger partial charge in [0.2, 0.25) is 10.0 Å². The normalized spacial score (nSPS) is 12.5. The molecule has 90 valence electrons. The smallest absolute Gasteiger partial charge is 0.229 e. The van der Waals surface area contributed by atoms with Gasteiger partial charge in [0.15, 0.2) is 0 Å². The van der Waals surface area contributed by atoms with E-state index < -0.39 is 10.0 Å². The molecule has 5 heteroatoms. The molecule has 0 aliphatic heterocycles. The predicted molar refractivity (Wildman–Crippen MR) is 66.9 cm³/mol. The lowest BCUT2D eigenvalue weighted by Crippen LogP contribution is -2.34. The number of hydrogen-bond donors (Lipinski definition) is 2. The van der Waals surface area contributed by atoms with Crippen LogP contribution in [-0.2, 0) is 16.4 Å². The summed E-state index contributed by atoms with van der Waals surface area (Å²) in [4.78, 5) is 0. The van der Waals surface area contributed by atoms with Crippen molar-refractivity contribution in [2.75, 3.05) is 11.0 Å². The molecule has 0 unspecified atom stereocenters. The minimum atomic E-state index is -3.25. The van der Waals surface area contributed by atoms with Crippen LogP contribution < -0.4 is 10.5 Å². The molecule has 3 N–H and O–H groups in total. The van der Waals surface area contributed by atoms with Crippen molar-refractivity contribution in [2.45, 2.75) is 25.8 Å². The van der Waals surface area contributed by atoms with E-state index in [1.54, 1.807) is 12.1 Å². The molecule has 1 aromatic rings. The van der Waals surface area contributed by atoms with Crippen molar-refractivity contribution in [2.24, 2.45) is 5.73 Å². The van der Waals surface area contributed by atoms with E-state index in [2.05, 4.69) is 4.72 Å². The van der Waals surface area contributed by atoms with E-state index in [1.807, 2.05) is 26.0 Å². The van der Waals surface area contributed by atoms with Crippen LogP contribution in [-0.4, -0.2) is 20.2 Å². The zero-order valence-electron chi connectivity index (χ0n) is 9.82. The van der Waals surface area contributed by atoms with E-state index in [4.69, 9.17) is 5.73 Å². The molecule has 0 atom stereocenters. The van der Waals surface area contributed by atoms with E-state index in [0.29, 0.717) is 12.1 Å². The van der Waals surface area contributed by atoms with Crippen LogP contribution in [0.25, 0.3) is 0 Å². The summed E-state index contributed by atoms with van der Waals surface area (Å²) in [7, 11) is -3.25. The average Bonchev–Trinajstić information content (AvgIpc) is 2.03. The number of anilines is 1. The van der Waals surface area contributed by atoms with E-state index in [-0.39, 0.29) is 5.54 Å². The highest BCUT2D eigenvalue weighted by molar-refractivity contribution is 7.92. The third-order valence-corrected chi connectivity index (χ3v) is 2.55. The van der Waals surface area contributed by atoms with Crippen LogP contribution in [0.1, 0.15) is 19.4 Å². The lowest BCUT2D eigenvalue weighted by Gasteiger charge is -2.20. The second kappa shape index (κ2) is 4.43. The van der Waals surface area contributed by atoms with Crippen molar-refractivity contribution in [1.82, 2.24) is 0 Å². The second-order valence-corrected chi connectivity index (χ2v) is 6.45. The molecule has 0 amide bonds. The zero-order valence-corrected chi connectivity index (χ0v) is 10.6. The van der Waals surface area contributed by atoms with Gasteiger partial charge in [-0.3, -0.25) is 4.72 Å².